The topological polar surface area (TPSA) is 6.48 Å². The van der Waals surface area contributed by atoms with E-state index in [0.717, 1.165) is 24.2 Å². The van der Waals surface area contributed by atoms with Gasteiger partial charge in [0.15, 0.2) is 7.85 Å². The number of alkyl halides is 1. The van der Waals surface area contributed by atoms with Crippen LogP contribution in [0.25, 0.3) is 0 Å². The molecule has 2 nitrogen and oxygen atoms in total. The zero-order chi connectivity index (χ0) is 12.5. The maximum absolute atomic E-state index is 14.7. The summed E-state index contributed by atoms with van der Waals surface area (Å²) in [5, 5.41) is 0. The van der Waals surface area contributed by atoms with E-state index in [9.17, 15) is 4.39 Å². The van der Waals surface area contributed by atoms with Gasteiger partial charge in [0.25, 0.3) is 0 Å². The number of para-hydroxylation sites is 2. The Hall–Kier alpha value is -1.19. The van der Waals surface area contributed by atoms with E-state index < -0.39 is 5.82 Å². The van der Waals surface area contributed by atoms with Crippen LogP contribution in [0.2, 0.25) is 0 Å². The Labute approximate surface area is 104 Å². The van der Waals surface area contributed by atoms with Gasteiger partial charge in [-0.15, -0.1) is 0 Å². The van der Waals surface area contributed by atoms with E-state index in [1.165, 1.54) is 0 Å². The molecule has 0 amide bonds. The lowest BCUT2D eigenvalue weighted by molar-refractivity contribution is 0.265. The Morgan fingerprint density at radius 3 is 2.29 bits per heavy atom. The molecule has 2 rings (SSSR count). The summed E-state index contributed by atoms with van der Waals surface area (Å²) >= 11 is 0. The van der Waals surface area contributed by atoms with Crippen molar-refractivity contribution in [3.8, 4) is 0 Å². The molecule has 0 fully saturated rings. The number of unbranched alkanes of at least 4 members (excludes halogenated alkanes) is 1. The first kappa shape index (κ1) is 12.3. The lowest BCUT2D eigenvalue weighted by Gasteiger charge is -2.36. The van der Waals surface area contributed by atoms with Crippen LogP contribution in [0.15, 0.2) is 24.3 Å². The number of benzene rings is 1. The molecule has 1 heterocycles. The number of rotatable bonds is 4. The number of nitrogens with zero attached hydrogens (tertiary/aromatic N) is 2. The van der Waals surface area contributed by atoms with Gasteiger partial charge >= 0.3 is 0 Å². The molecule has 1 aliphatic rings. The van der Waals surface area contributed by atoms with E-state index in [1.54, 1.807) is 9.80 Å². The van der Waals surface area contributed by atoms with Crippen LogP contribution in [0.4, 0.5) is 15.8 Å². The highest BCUT2D eigenvalue weighted by atomic mass is 19.1. The van der Waals surface area contributed by atoms with Crippen molar-refractivity contribution in [2.24, 2.45) is 0 Å². The normalized spacial score (nSPS) is 23.0. The van der Waals surface area contributed by atoms with Crippen LogP contribution in [0.5, 0.6) is 0 Å². The number of anilines is 2. The molecule has 90 valence electrons. The molecule has 0 aromatic heterocycles. The molecule has 0 saturated heterocycles. The van der Waals surface area contributed by atoms with Crippen molar-refractivity contribution in [1.29, 1.82) is 0 Å². The quantitative estimate of drug-likeness (QED) is 0.581. The highest BCUT2D eigenvalue weighted by Gasteiger charge is 2.44. The molecule has 1 aliphatic heterocycles. The van der Waals surface area contributed by atoms with E-state index >= 15 is 0 Å². The van der Waals surface area contributed by atoms with Crippen molar-refractivity contribution in [3.05, 3.63) is 24.3 Å². The van der Waals surface area contributed by atoms with Gasteiger partial charge in [-0.25, -0.2) is 4.39 Å². The van der Waals surface area contributed by atoms with Crippen molar-refractivity contribution in [2.45, 2.75) is 32.5 Å². The van der Waals surface area contributed by atoms with Gasteiger partial charge in [-0.05, 0) is 25.5 Å². The second-order valence-corrected chi connectivity index (χ2v) is 4.37. The van der Waals surface area contributed by atoms with Crippen molar-refractivity contribution in [2.75, 3.05) is 22.9 Å². The third-order valence-electron chi connectivity index (χ3n) is 3.27. The first-order chi connectivity index (χ1) is 8.12. The summed E-state index contributed by atoms with van der Waals surface area (Å²) in [5.74, 6) is -1.90. The van der Waals surface area contributed by atoms with Crippen LogP contribution in [0.1, 0.15) is 26.7 Å². The van der Waals surface area contributed by atoms with Crippen molar-refractivity contribution in [1.82, 2.24) is 0 Å². The molecule has 2 radical (unpaired) electrons. The van der Waals surface area contributed by atoms with E-state index in [1.807, 2.05) is 31.2 Å². The maximum Gasteiger partial charge on any atom is 0.206 e. The monoisotopic (exact) mass is 232 g/mol. The summed E-state index contributed by atoms with van der Waals surface area (Å²) in [6.45, 7) is 5.22. The van der Waals surface area contributed by atoms with Crippen LogP contribution in [0.3, 0.4) is 0 Å². The van der Waals surface area contributed by atoms with Crippen LogP contribution < -0.4 is 9.80 Å². The molecule has 1 atom stereocenters. The maximum atomic E-state index is 14.7. The fourth-order valence-electron chi connectivity index (χ4n) is 2.39. The standard InChI is InChI=1S/C13H18BFN2/c1-3-5-10-17-12-9-7-6-8-11(12)16(4-2)13(17,14)15/h6-9H,3-5,10H2,1-2H3. The van der Waals surface area contributed by atoms with Gasteiger partial charge < -0.3 is 9.80 Å². The van der Waals surface area contributed by atoms with E-state index in [-0.39, 0.29) is 0 Å². The highest BCUT2D eigenvalue weighted by Crippen LogP contribution is 2.44. The Bertz CT molecular complexity index is 395. The largest absolute Gasteiger partial charge is 0.330 e. The summed E-state index contributed by atoms with van der Waals surface area (Å²) in [7, 11) is 5.85. The first-order valence-corrected chi connectivity index (χ1v) is 6.25. The number of hydrogen-bond donors (Lipinski definition) is 0. The van der Waals surface area contributed by atoms with Crippen LogP contribution in [-0.4, -0.2) is 26.8 Å². The first-order valence-electron chi connectivity index (χ1n) is 6.25. The Morgan fingerprint density at radius 2 is 1.76 bits per heavy atom. The summed E-state index contributed by atoms with van der Waals surface area (Å²) in [6, 6.07) is 7.70. The average molecular weight is 232 g/mol. The molecule has 0 saturated carbocycles. The van der Waals surface area contributed by atoms with Gasteiger partial charge in [-0.2, -0.15) is 0 Å². The predicted molar refractivity (Wildman–Crippen MR) is 71.3 cm³/mol. The van der Waals surface area contributed by atoms with Gasteiger partial charge in [0.2, 0.25) is 5.82 Å². The predicted octanol–water partition coefficient (Wildman–Crippen LogP) is 2.88. The van der Waals surface area contributed by atoms with Crippen LogP contribution in [0, 0.1) is 0 Å². The highest BCUT2D eigenvalue weighted by molar-refractivity contribution is 6.19. The minimum atomic E-state index is -1.90. The fraction of sp³-hybridized carbons (Fsp3) is 0.538. The summed E-state index contributed by atoms with van der Waals surface area (Å²) in [4.78, 5) is 3.27. The SMILES string of the molecule is [B]C1(F)N(CC)c2ccccc2N1CCCC. The second kappa shape index (κ2) is 4.59. The van der Waals surface area contributed by atoms with Crippen molar-refractivity contribution in [3.63, 3.8) is 0 Å². The lowest BCUT2D eigenvalue weighted by Crippen LogP contribution is -2.54. The van der Waals surface area contributed by atoms with Crippen LogP contribution >= 0.6 is 0 Å². The van der Waals surface area contributed by atoms with Gasteiger partial charge in [0.1, 0.15) is 0 Å². The number of halogens is 1. The molecule has 1 unspecified atom stereocenters. The minimum absolute atomic E-state index is 0.562. The minimum Gasteiger partial charge on any atom is -0.330 e. The average Bonchev–Trinajstić information content (AvgIpc) is 2.53. The van der Waals surface area contributed by atoms with Gasteiger partial charge in [0, 0.05) is 13.1 Å². The molecule has 0 aliphatic carbocycles. The fourth-order valence-corrected chi connectivity index (χ4v) is 2.39. The molecule has 0 spiro atoms. The van der Waals surface area contributed by atoms with E-state index in [2.05, 4.69) is 6.92 Å². The molecular weight excluding hydrogens is 214 g/mol. The van der Waals surface area contributed by atoms with E-state index in [0.29, 0.717) is 13.1 Å². The summed E-state index contributed by atoms with van der Waals surface area (Å²) in [5.41, 5.74) is 1.78. The summed E-state index contributed by atoms with van der Waals surface area (Å²) < 4.78 is 14.7. The third kappa shape index (κ3) is 1.90. The van der Waals surface area contributed by atoms with Crippen LogP contribution in [-0.2, 0) is 0 Å². The molecule has 0 N–H and O–H groups in total. The Kier molecular flexibility index (Phi) is 3.32. The number of hydrogen-bond acceptors (Lipinski definition) is 2. The van der Waals surface area contributed by atoms with Crippen molar-refractivity contribution < 1.29 is 4.39 Å². The van der Waals surface area contributed by atoms with E-state index in [4.69, 9.17) is 7.85 Å². The molecule has 1 aromatic carbocycles. The van der Waals surface area contributed by atoms with Gasteiger partial charge in [0.05, 0.1) is 11.4 Å². The molecule has 4 heteroatoms. The van der Waals surface area contributed by atoms with Gasteiger partial charge in [-0.3, -0.25) is 0 Å². The zero-order valence-corrected chi connectivity index (χ0v) is 10.5. The molecule has 17 heavy (non-hydrogen) atoms. The second-order valence-electron chi connectivity index (χ2n) is 4.37. The molecule has 1 aromatic rings. The molecular formula is C13H18BFN2. The molecule has 0 bridgehead atoms. The zero-order valence-electron chi connectivity index (χ0n) is 10.5. The Balaban J connectivity index is 2.38. The third-order valence-corrected chi connectivity index (χ3v) is 3.27. The smallest absolute Gasteiger partial charge is 0.206 e. The lowest BCUT2D eigenvalue weighted by atomic mass is 9.99. The summed E-state index contributed by atoms with van der Waals surface area (Å²) in [6.07, 6.45) is 1.97. The Morgan fingerprint density at radius 1 is 1.18 bits per heavy atom. The van der Waals surface area contributed by atoms with Gasteiger partial charge in [-0.1, -0.05) is 25.5 Å². The van der Waals surface area contributed by atoms with Crippen molar-refractivity contribution >= 4 is 19.2 Å². The number of fused-ring (bicyclic) bond motifs is 1.